The van der Waals surface area contributed by atoms with E-state index < -0.39 is 5.97 Å². The predicted molar refractivity (Wildman–Crippen MR) is 75.5 cm³/mol. The first kappa shape index (κ1) is 12.5. The molecule has 0 saturated heterocycles. The van der Waals surface area contributed by atoms with Crippen LogP contribution in [0, 0.1) is 0 Å². The van der Waals surface area contributed by atoms with Crippen molar-refractivity contribution >= 4 is 46.0 Å². The van der Waals surface area contributed by atoms with Gasteiger partial charge in [0.1, 0.15) is 5.69 Å². The van der Waals surface area contributed by atoms with Crippen LogP contribution >= 0.6 is 34.5 Å². The Labute approximate surface area is 121 Å². The molecule has 3 heterocycles. The Bertz CT molecular complexity index is 794. The minimum absolute atomic E-state index is 0.108. The largest absolute Gasteiger partial charge is 0.477 e. The fraction of sp³-hybridized carbons (Fsp3) is 0. The van der Waals surface area contributed by atoms with Gasteiger partial charge < -0.3 is 5.11 Å². The average Bonchev–Trinajstić information content (AvgIpc) is 2.94. The van der Waals surface area contributed by atoms with Gasteiger partial charge in [0.2, 0.25) is 0 Å². The van der Waals surface area contributed by atoms with Gasteiger partial charge in [0.05, 0.1) is 14.7 Å². The minimum atomic E-state index is -1.04. The minimum Gasteiger partial charge on any atom is -0.477 e. The second-order valence-electron chi connectivity index (χ2n) is 3.77. The molecule has 0 aliphatic rings. The zero-order chi connectivity index (χ0) is 13.6. The molecule has 7 heteroatoms. The summed E-state index contributed by atoms with van der Waals surface area (Å²) in [6.07, 6.45) is 0. The molecule has 0 fully saturated rings. The highest BCUT2D eigenvalue weighted by Gasteiger charge is 2.18. The summed E-state index contributed by atoms with van der Waals surface area (Å²) in [5.41, 5.74) is 0.664. The van der Waals surface area contributed by atoms with Gasteiger partial charge in [-0.1, -0.05) is 29.3 Å². The summed E-state index contributed by atoms with van der Waals surface area (Å²) in [5, 5.41) is 9.52. The number of imidazole rings is 1. The van der Waals surface area contributed by atoms with Gasteiger partial charge in [-0.3, -0.25) is 4.40 Å². The highest BCUT2D eigenvalue weighted by atomic mass is 35.5. The number of rotatable bonds is 2. The van der Waals surface area contributed by atoms with Crippen molar-refractivity contribution < 1.29 is 9.90 Å². The molecule has 0 saturated carbocycles. The van der Waals surface area contributed by atoms with Crippen molar-refractivity contribution in [1.82, 2.24) is 9.38 Å². The van der Waals surface area contributed by atoms with Gasteiger partial charge in [0, 0.05) is 0 Å². The number of hydrogen-bond donors (Lipinski definition) is 1. The van der Waals surface area contributed by atoms with Crippen molar-refractivity contribution in [2.24, 2.45) is 0 Å². The van der Waals surface area contributed by atoms with Gasteiger partial charge in [-0.2, -0.15) is 0 Å². The van der Waals surface area contributed by atoms with E-state index in [-0.39, 0.29) is 10.8 Å². The van der Waals surface area contributed by atoms with Crippen LogP contribution in [-0.2, 0) is 0 Å². The van der Waals surface area contributed by atoms with Gasteiger partial charge in [-0.05, 0) is 24.3 Å². The number of hydrogen-bond acceptors (Lipinski definition) is 3. The number of thiophene rings is 1. The lowest BCUT2D eigenvalue weighted by molar-refractivity contribution is 0.0689. The number of nitrogens with zero attached hydrogens (tertiary/aromatic N) is 2. The van der Waals surface area contributed by atoms with E-state index in [1.165, 1.54) is 21.8 Å². The predicted octanol–water partition coefficient (Wildman–Crippen LogP) is 4.07. The fourth-order valence-corrected chi connectivity index (χ4v) is 3.12. The maximum Gasteiger partial charge on any atom is 0.352 e. The van der Waals surface area contributed by atoms with Crippen LogP contribution in [0.4, 0.5) is 0 Å². The molecule has 3 rings (SSSR count). The summed E-state index contributed by atoms with van der Waals surface area (Å²) >= 11 is 13.3. The molecule has 0 bridgehead atoms. The Kier molecular flexibility index (Phi) is 2.97. The van der Waals surface area contributed by atoms with Crippen LogP contribution in [0.5, 0.6) is 0 Å². The molecule has 3 aromatic heterocycles. The lowest BCUT2D eigenvalue weighted by Gasteiger charge is -2.03. The van der Waals surface area contributed by atoms with Crippen LogP contribution in [0.25, 0.3) is 16.2 Å². The second kappa shape index (κ2) is 4.52. The van der Waals surface area contributed by atoms with Crippen LogP contribution in [0.2, 0.25) is 9.49 Å². The third-order valence-corrected chi connectivity index (χ3v) is 4.14. The number of fused-ring (bicyclic) bond motifs is 1. The molecule has 0 aliphatic carbocycles. The Hall–Kier alpha value is -1.56. The molecule has 0 amide bonds. The second-order valence-corrected chi connectivity index (χ2v) is 5.84. The first-order valence-electron chi connectivity index (χ1n) is 5.24. The van der Waals surface area contributed by atoms with Crippen LogP contribution in [-0.4, -0.2) is 20.5 Å². The Morgan fingerprint density at radius 1 is 1.26 bits per heavy atom. The molecule has 4 nitrogen and oxygen atoms in total. The topological polar surface area (TPSA) is 54.6 Å². The SMILES string of the molecule is O=C(O)c1cccc2c(Cl)nc(-c3ccc(Cl)s3)n12. The third kappa shape index (κ3) is 2.00. The summed E-state index contributed by atoms with van der Waals surface area (Å²) in [6, 6.07) is 8.39. The fourth-order valence-electron chi connectivity index (χ4n) is 1.87. The van der Waals surface area contributed by atoms with Gasteiger partial charge in [0.15, 0.2) is 11.0 Å². The molecule has 19 heavy (non-hydrogen) atoms. The average molecular weight is 313 g/mol. The van der Waals surface area contributed by atoms with Gasteiger partial charge in [-0.25, -0.2) is 9.78 Å². The molecule has 96 valence electrons. The van der Waals surface area contributed by atoms with Crippen molar-refractivity contribution in [2.45, 2.75) is 0 Å². The van der Waals surface area contributed by atoms with E-state index in [2.05, 4.69) is 4.98 Å². The van der Waals surface area contributed by atoms with E-state index in [1.54, 1.807) is 24.3 Å². The van der Waals surface area contributed by atoms with Gasteiger partial charge >= 0.3 is 5.97 Å². The zero-order valence-electron chi connectivity index (χ0n) is 9.30. The highest BCUT2D eigenvalue weighted by Crippen LogP contribution is 2.33. The van der Waals surface area contributed by atoms with Gasteiger partial charge in [0.25, 0.3) is 0 Å². The molecule has 3 aromatic rings. The smallest absolute Gasteiger partial charge is 0.352 e. The van der Waals surface area contributed by atoms with Crippen LogP contribution in [0.3, 0.4) is 0 Å². The van der Waals surface area contributed by atoms with E-state index in [9.17, 15) is 9.90 Å². The summed E-state index contributed by atoms with van der Waals surface area (Å²) in [5.74, 6) is -0.557. The van der Waals surface area contributed by atoms with Crippen molar-refractivity contribution in [3.63, 3.8) is 0 Å². The first-order valence-corrected chi connectivity index (χ1v) is 6.81. The molecule has 1 N–H and O–H groups in total. The van der Waals surface area contributed by atoms with Crippen LogP contribution in [0.15, 0.2) is 30.3 Å². The van der Waals surface area contributed by atoms with E-state index in [4.69, 9.17) is 23.2 Å². The lowest BCUT2D eigenvalue weighted by Crippen LogP contribution is -2.05. The molecular weight excluding hydrogens is 307 g/mol. The number of carbonyl (C=O) groups is 1. The van der Waals surface area contributed by atoms with E-state index in [0.717, 1.165) is 4.88 Å². The van der Waals surface area contributed by atoms with E-state index >= 15 is 0 Å². The molecule has 0 radical (unpaired) electrons. The first-order chi connectivity index (χ1) is 9.08. The Morgan fingerprint density at radius 2 is 2.05 bits per heavy atom. The van der Waals surface area contributed by atoms with Crippen molar-refractivity contribution in [3.05, 3.63) is 45.5 Å². The number of carboxylic acids is 1. The van der Waals surface area contributed by atoms with Crippen LogP contribution < -0.4 is 0 Å². The monoisotopic (exact) mass is 312 g/mol. The summed E-state index contributed by atoms with van der Waals surface area (Å²) in [7, 11) is 0. The third-order valence-electron chi connectivity index (χ3n) is 2.63. The van der Waals surface area contributed by atoms with Crippen LogP contribution in [0.1, 0.15) is 10.5 Å². The maximum atomic E-state index is 11.3. The number of halogens is 2. The Morgan fingerprint density at radius 3 is 2.68 bits per heavy atom. The highest BCUT2D eigenvalue weighted by molar-refractivity contribution is 7.19. The lowest BCUT2D eigenvalue weighted by atomic mass is 10.3. The summed E-state index contributed by atoms with van der Waals surface area (Å²) < 4.78 is 2.13. The quantitative estimate of drug-likeness (QED) is 0.776. The normalized spacial score (nSPS) is 11.1. The number of aromatic carboxylic acids is 1. The molecule has 0 unspecified atom stereocenters. The molecule has 0 atom stereocenters. The maximum absolute atomic E-state index is 11.3. The van der Waals surface area contributed by atoms with Crippen molar-refractivity contribution in [2.75, 3.05) is 0 Å². The molecule has 0 aromatic carbocycles. The number of carboxylic acid groups (broad SMARTS) is 1. The zero-order valence-corrected chi connectivity index (χ0v) is 11.6. The van der Waals surface area contributed by atoms with Crippen molar-refractivity contribution in [3.8, 4) is 10.7 Å². The molecular formula is C12H6Cl2N2O2S. The van der Waals surface area contributed by atoms with E-state index in [0.29, 0.717) is 15.7 Å². The number of pyridine rings is 1. The standard InChI is InChI=1S/C12H6Cl2N2O2S/c13-9-5-4-8(19-9)11-15-10(14)6-2-1-3-7(12(17)18)16(6)11/h1-5H,(H,17,18). The summed E-state index contributed by atoms with van der Waals surface area (Å²) in [6.45, 7) is 0. The molecule has 0 spiro atoms. The number of aromatic nitrogens is 2. The Balaban J connectivity index is 2.39. The van der Waals surface area contributed by atoms with E-state index in [1.807, 2.05) is 0 Å². The van der Waals surface area contributed by atoms with Crippen molar-refractivity contribution in [1.29, 1.82) is 0 Å². The molecule has 0 aliphatic heterocycles. The van der Waals surface area contributed by atoms with Gasteiger partial charge in [-0.15, -0.1) is 11.3 Å². The summed E-state index contributed by atoms with van der Waals surface area (Å²) in [4.78, 5) is 16.3.